The third-order valence-corrected chi connectivity index (χ3v) is 2.41. The largest absolute Gasteiger partial charge is 0.508 e. The number of nitrogens with one attached hydrogen (secondary N) is 1. The summed E-state index contributed by atoms with van der Waals surface area (Å²) in [7, 11) is 4.10. The van der Waals surface area contributed by atoms with E-state index < -0.39 is 0 Å². The van der Waals surface area contributed by atoms with E-state index in [0.29, 0.717) is 5.75 Å². The number of hydrogen-bond donors (Lipinski definition) is 2. The van der Waals surface area contributed by atoms with Gasteiger partial charge in [-0.2, -0.15) is 0 Å². The fourth-order valence-corrected chi connectivity index (χ4v) is 1.47. The summed E-state index contributed by atoms with van der Waals surface area (Å²) in [4.78, 5) is 2.13. The predicted molar refractivity (Wildman–Crippen MR) is 63.1 cm³/mol. The number of aromatic hydroxyl groups is 1. The number of rotatable bonds is 5. The number of hydrogen-bond acceptors (Lipinski definition) is 3. The standard InChI is InChI=1S/C12H20N2O/c1-10(13-8-9-14(2)3)11-6-4-5-7-12(11)15/h4-7,10,13,15H,8-9H2,1-3H3. The molecule has 1 aromatic carbocycles. The second-order valence-corrected chi connectivity index (χ2v) is 4.04. The quantitative estimate of drug-likeness (QED) is 0.771. The van der Waals surface area contributed by atoms with Crippen LogP contribution in [0, 0.1) is 0 Å². The zero-order chi connectivity index (χ0) is 11.3. The van der Waals surface area contributed by atoms with Gasteiger partial charge in [0.15, 0.2) is 0 Å². The number of para-hydroxylation sites is 1. The van der Waals surface area contributed by atoms with Crippen LogP contribution in [0.2, 0.25) is 0 Å². The molecule has 1 aromatic rings. The summed E-state index contributed by atoms with van der Waals surface area (Å²) in [6.45, 7) is 3.98. The summed E-state index contributed by atoms with van der Waals surface area (Å²) in [6, 6.07) is 7.64. The summed E-state index contributed by atoms with van der Waals surface area (Å²) >= 11 is 0. The fraction of sp³-hybridized carbons (Fsp3) is 0.500. The Balaban J connectivity index is 2.47. The van der Waals surface area contributed by atoms with Gasteiger partial charge in [-0.05, 0) is 27.1 Å². The maximum atomic E-state index is 9.64. The molecule has 3 heteroatoms. The van der Waals surface area contributed by atoms with Gasteiger partial charge in [-0.25, -0.2) is 0 Å². The van der Waals surface area contributed by atoms with E-state index >= 15 is 0 Å². The molecule has 3 nitrogen and oxygen atoms in total. The van der Waals surface area contributed by atoms with Gasteiger partial charge < -0.3 is 15.3 Å². The van der Waals surface area contributed by atoms with Gasteiger partial charge in [-0.3, -0.25) is 0 Å². The van der Waals surface area contributed by atoms with Gasteiger partial charge in [0, 0.05) is 24.7 Å². The molecule has 0 aliphatic heterocycles. The number of likely N-dealkylation sites (N-methyl/N-ethyl adjacent to an activating group) is 1. The highest BCUT2D eigenvalue weighted by atomic mass is 16.3. The lowest BCUT2D eigenvalue weighted by Crippen LogP contribution is -2.28. The molecule has 15 heavy (non-hydrogen) atoms. The molecule has 0 aliphatic carbocycles. The molecule has 0 aliphatic rings. The second kappa shape index (κ2) is 5.73. The lowest BCUT2D eigenvalue weighted by molar-refractivity contribution is 0.385. The first kappa shape index (κ1) is 12.0. The van der Waals surface area contributed by atoms with E-state index in [1.807, 2.05) is 32.3 Å². The zero-order valence-corrected chi connectivity index (χ0v) is 9.70. The van der Waals surface area contributed by atoms with Gasteiger partial charge in [-0.15, -0.1) is 0 Å². The van der Waals surface area contributed by atoms with E-state index in [1.54, 1.807) is 6.07 Å². The minimum absolute atomic E-state index is 0.186. The molecule has 0 radical (unpaired) electrons. The van der Waals surface area contributed by atoms with Gasteiger partial charge in [0.2, 0.25) is 0 Å². The Bertz CT molecular complexity index is 299. The van der Waals surface area contributed by atoms with Crippen molar-refractivity contribution in [1.29, 1.82) is 0 Å². The Labute approximate surface area is 91.7 Å². The highest BCUT2D eigenvalue weighted by Gasteiger charge is 2.08. The molecule has 0 fully saturated rings. The highest BCUT2D eigenvalue weighted by Crippen LogP contribution is 2.22. The highest BCUT2D eigenvalue weighted by molar-refractivity contribution is 5.34. The van der Waals surface area contributed by atoms with E-state index in [1.165, 1.54) is 0 Å². The molecule has 1 atom stereocenters. The summed E-state index contributed by atoms with van der Waals surface area (Å²) in [5, 5.41) is 13.0. The van der Waals surface area contributed by atoms with Gasteiger partial charge in [-0.1, -0.05) is 18.2 Å². The fourth-order valence-electron chi connectivity index (χ4n) is 1.47. The predicted octanol–water partition coefficient (Wildman–Crippen LogP) is 1.60. The molecule has 0 saturated heterocycles. The minimum atomic E-state index is 0.186. The smallest absolute Gasteiger partial charge is 0.120 e. The number of nitrogens with zero attached hydrogens (tertiary/aromatic N) is 1. The molecule has 0 aromatic heterocycles. The molecule has 1 unspecified atom stereocenters. The van der Waals surface area contributed by atoms with Crippen molar-refractivity contribution in [1.82, 2.24) is 10.2 Å². The molecular weight excluding hydrogens is 188 g/mol. The Morgan fingerprint density at radius 3 is 2.60 bits per heavy atom. The average Bonchev–Trinajstić information content (AvgIpc) is 2.17. The second-order valence-electron chi connectivity index (χ2n) is 4.04. The number of phenols is 1. The van der Waals surface area contributed by atoms with Crippen LogP contribution in [0.25, 0.3) is 0 Å². The Kier molecular flexibility index (Phi) is 4.59. The summed E-state index contributed by atoms with van der Waals surface area (Å²) in [6.07, 6.45) is 0. The lowest BCUT2D eigenvalue weighted by atomic mass is 10.1. The lowest BCUT2D eigenvalue weighted by Gasteiger charge is -2.17. The van der Waals surface area contributed by atoms with Crippen molar-refractivity contribution in [2.75, 3.05) is 27.2 Å². The first-order chi connectivity index (χ1) is 7.11. The SMILES string of the molecule is CC(NCCN(C)C)c1ccccc1O. The van der Waals surface area contributed by atoms with Gasteiger partial charge in [0.1, 0.15) is 5.75 Å². The van der Waals surface area contributed by atoms with Crippen molar-refractivity contribution in [3.05, 3.63) is 29.8 Å². The molecule has 0 amide bonds. The molecule has 0 bridgehead atoms. The topological polar surface area (TPSA) is 35.5 Å². The third-order valence-electron chi connectivity index (χ3n) is 2.41. The van der Waals surface area contributed by atoms with Gasteiger partial charge in [0.05, 0.1) is 0 Å². The monoisotopic (exact) mass is 208 g/mol. The van der Waals surface area contributed by atoms with E-state index in [0.717, 1.165) is 18.7 Å². The Hall–Kier alpha value is -1.06. The summed E-state index contributed by atoms with van der Waals surface area (Å²) < 4.78 is 0. The molecule has 2 N–H and O–H groups in total. The van der Waals surface area contributed by atoms with Gasteiger partial charge in [0.25, 0.3) is 0 Å². The minimum Gasteiger partial charge on any atom is -0.508 e. The van der Waals surface area contributed by atoms with E-state index in [2.05, 4.69) is 17.1 Å². The normalized spacial score (nSPS) is 13.1. The first-order valence-corrected chi connectivity index (χ1v) is 5.27. The summed E-state index contributed by atoms with van der Waals surface area (Å²) in [5.74, 6) is 0.363. The van der Waals surface area contributed by atoms with Crippen molar-refractivity contribution >= 4 is 0 Å². The molecule has 84 valence electrons. The third kappa shape index (κ3) is 3.90. The molecule has 0 spiro atoms. The van der Waals surface area contributed by atoms with Crippen molar-refractivity contribution in [3.8, 4) is 5.75 Å². The molecular formula is C12H20N2O. The maximum absolute atomic E-state index is 9.64. The van der Waals surface area contributed by atoms with Crippen LogP contribution in [0.3, 0.4) is 0 Å². The van der Waals surface area contributed by atoms with Crippen molar-refractivity contribution < 1.29 is 5.11 Å². The van der Waals surface area contributed by atoms with Crippen LogP contribution in [0.15, 0.2) is 24.3 Å². The van der Waals surface area contributed by atoms with Crippen molar-refractivity contribution in [3.63, 3.8) is 0 Å². The molecule has 0 heterocycles. The summed E-state index contributed by atoms with van der Waals surface area (Å²) in [5.41, 5.74) is 0.955. The van der Waals surface area contributed by atoms with E-state index in [-0.39, 0.29) is 6.04 Å². The molecule has 1 rings (SSSR count). The first-order valence-electron chi connectivity index (χ1n) is 5.27. The van der Waals surface area contributed by atoms with Crippen LogP contribution in [0.4, 0.5) is 0 Å². The van der Waals surface area contributed by atoms with Gasteiger partial charge >= 0.3 is 0 Å². The van der Waals surface area contributed by atoms with Crippen LogP contribution < -0.4 is 5.32 Å². The van der Waals surface area contributed by atoms with Crippen LogP contribution >= 0.6 is 0 Å². The molecule has 0 saturated carbocycles. The average molecular weight is 208 g/mol. The van der Waals surface area contributed by atoms with E-state index in [4.69, 9.17) is 0 Å². The van der Waals surface area contributed by atoms with Crippen LogP contribution in [-0.2, 0) is 0 Å². The zero-order valence-electron chi connectivity index (χ0n) is 9.70. The van der Waals surface area contributed by atoms with Crippen molar-refractivity contribution in [2.45, 2.75) is 13.0 Å². The Morgan fingerprint density at radius 2 is 2.00 bits per heavy atom. The van der Waals surface area contributed by atoms with Crippen LogP contribution in [-0.4, -0.2) is 37.2 Å². The van der Waals surface area contributed by atoms with Crippen LogP contribution in [0.1, 0.15) is 18.5 Å². The Morgan fingerprint density at radius 1 is 1.33 bits per heavy atom. The van der Waals surface area contributed by atoms with Crippen molar-refractivity contribution in [2.24, 2.45) is 0 Å². The number of phenolic OH excluding ortho intramolecular Hbond substituents is 1. The van der Waals surface area contributed by atoms with E-state index in [9.17, 15) is 5.11 Å². The number of benzene rings is 1. The maximum Gasteiger partial charge on any atom is 0.120 e. The van der Waals surface area contributed by atoms with Crippen LogP contribution in [0.5, 0.6) is 5.75 Å².